The first kappa shape index (κ1) is 16.4. The normalized spacial score (nSPS) is 35.8. The molecule has 4 nitrogen and oxygen atoms in total. The van der Waals surface area contributed by atoms with E-state index in [4.69, 9.17) is 4.74 Å². The smallest absolute Gasteiger partial charge is 0.151 e. The van der Waals surface area contributed by atoms with Crippen LogP contribution in [0.1, 0.15) is 47.8 Å². The largest absolute Gasteiger partial charge is 0.483 e. The Morgan fingerprint density at radius 3 is 2.93 bits per heavy atom. The first-order valence-electron chi connectivity index (χ1n) is 11.5. The fraction of sp³-hybridized carbons (Fsp3) is 0.462. The maximum atomic E-state index is 12.7. The van der Waals surface area contributed by atoms with E-state index < -0.39 is 5.60 Å². The summed E-state index contributed by atoms with van der Waals surface area (Å²) in [6, 6.07) is 15.2. The van der Waals surface area contributed by atoms with Crippen LogP contribution in [0.25, 0.3) is 10.9 Å². The Labute approximate surface area is 175 Å². The third-order valence-electron chi connectivity index (χ3n) is 8.97. The summed E-state index contributed by atoms with van der Waals surface area (Å²) in [5.74, 6) is 1.83. The Hall–Kier alpha value is -2.30. The van der Waals surface area contributed by atoms with Crippen molar-refractivity contribution in [3.05, 3.63) is 64.8 Å². The Bertz CT molecular complexity index is 1230. The summed E-state index contributed by atoms with van der Waals surface area (Å²) in [6.07, 6.45) is 5.20. The van der Waals surface area contributed by atoms with Crippen LogP contribution >= 0.6 is 0 Å². The Morgan fingerprint density at radius 2 is 2.03 bits per heavy atom. The van der Waals surface area contributed by atoms with Crippen LogP contribution in [0.5, 0.6) is 5.75 Å². The number of hydrogen-bond donors (Lipinski definition) is 2. The second-order valence-electron chi connectivity index (χ2n) is 10.3. The van der Waals surface area contributed by atoms with Crippen LogP contribution < -0.4 is 4.74 Å². The first-order valence-corrected chi connectivity index (χ1v) is 11.5. The molecule has 1 spiro atoms. The quantitative estimate of drug-likeness (QED) is 0.689. The Kier molecular flexibility index (Phi) is 2.80. The monoisotopic (exact) mass is 398 g/mol. The van der Waals surface area contributed by atoms with Gasteiger partial charge in [-0.3, -0.25) is 4.90 Å². The number of piperidine rings is 1. The zero-order valence-electron chi connectivity index (χ0n) is 17.0. The average Bonchev–Trinajstić information content (AvgIpc) is 3.39. The summed E-state index contributed by atoms with van der Waals surface area (Å²) in [4.78, 5) is 6.34. The van der Waals surface area contributed by atoms with E-state index >= 15 is 0 Å². The van der Waals surface area contributed by atoms with Gasteiger partial charge < -0.3 is 14.8 Å². The topological polar surface area (TPSA) is 48.5 Å². The van der Waals surface area contributed by atoms with Gasteiger partial charge in [0.2, 0.25) is 0 Å². The molecule has 3 aliphatic carbocycles. The van der Waals surface area contributed by atoms with Gasteiger partial charge in [0.1, 0.15) is 5.75 Å². The highest BCUT2D eigenvalue weighted by Crippen LogP contribution is 2.67. The molecular formula is C26H26N2O2. The maximum Gasteiger partial charge on any atom is 0.151 e. The molecule has 2 fully saturated rings. The van der Waals surface area contributed by atoms with Crippen LogP contribution in [0.15, 0.2) is 42.5 Å². The van der Waals surface area contributed by atoms with E-state index in [-0.39, 0.29) is 17.6 Å². The highest BCUT2D eigenvalue weighted by atomic mass is 16.5. The molecule has 0 amide bonds. The van der Waals surface area contributed by atoms with Gasteiger partial charge in [0.25, 0.3) is 0 Å². The Morgan fingerprint density at radius 1 is 1.13 bits per heavy atom. The molecule has 0 radical (unpaired) electrons. The lowest BCUT2D eigenvalue weighted by molar-refractivity contribution is -0.173. The van der Waals surface area contributed by atoms with Crippen molar-refractivity contribution in [2.24, 2.45) is 5.92 Å². The van der Waals surface area contributed by atoms with Crippen LogP contribution in [0.4, 0.5) is 0 Å². The van der Waals surface area contributed by atoms with Gasteiger partial charge in [0, 0.05) is 35.5 Å². The second kappa shape index (κ2) is 5.12. The molecule has 1 saturated heterocycles. The Balaban J connectivity index is 1.42. The molecule has 30 heavy (non-hydrogen) atoms. The predicted octanol–water partition coefficient (Wildman–Crippen LogP) is 3.87. The summed E-state index contributed by atoms with van der Waals surface area (Å²) in [5, 5.41) is 13.9. The van der Waals surface area contributed by atoms with Crippen LogP contribution in [0.2, 0.25) is 0 Å². The van der Waals surface area contributed by atoms with Gasteiger partial charge in [-0.15, -0.1) is 0 Å². The number of aliphatic hydroxyl groups is 1. The van der Waals surface area contributed by atoms with Crippen molar-refractivity contribution in [1.29, 1.82) is 0 Å². The van der Waals surface area contributed by atoms with Crippen molar-refractivity contribution in [1.82, 2.24) is 9.88 Å². The molecule has 0 unspecified atom stereocenters. The molecule has 2 N–H and O–H groups in total. The average molecular weight is 399 g/mol. The predicted molar refractivity (Wildman–Crippen MR) is 115 cm³/mol. The van der Waals surface area contributed by atoms with Gasteiger partial charge in [-0.25, -0.2) is 0 Å². The highest BCUT2D eigenvalue weighted by molar-refractivity contribution is 5.86. The number of para-hydroxylation sites is 1. The van der Waals surface area contributed by atoms with Crippen molar-refractivity contribution in [2.45, 2.75) is 55.3 Å². The summed E-state index contributed by atoms with van der Waals surface area (Å²) in [6.45, 7) is 2.21. The molecule has 4 atom stereocenters. The molecule has 1 saturated carbocycles. The molecule has 4 heteroatoms. The number of ether oxygens (including phenoxy) is 1. The van der Waals surface area contributed by atoms with Crippen molar-refractivity contribution in [3.63, 3.8) is 0 Å². The zero-order valence-corrected chi connectivity index (χ0v) is 17.0. The van der Waals surface area contributed by atoms with Gasteiger partial charge in [-0.1, -0.05) is 30.3 Å². The minimum atomic E-state index is -0.789. The van der Waals surface area contributed by atoms with E-state index in [2.05, 4.69) is 52.3 Å². The van der Waals surface area contributed by atoms with Gasteiger partial charge in [-0.05, 0) is 61.4 Å². The second-order valence-corrected chi connectivity index (χ2v) is 10.3. The number of rotatable bonds is 2. The molecule has 2 aromatic carbocycles. The van der Waals surface area contributed by atoms with E-state index in [9.17, 15) is 5.11 Å². The summed E-state index contributed by atoms with van der Waals surface area (Å²) in [5.41, 5.74) is 5.19. The van der Waals surface area contributed by atoms with Gasteiger partial charge >= 0.3 is 0 Å². The molecule has 3 heterocycles. The van der Waals surface area contributed by atoms with Gasteiger partial charge in [0.05, 0.1) is 16.7 Å². The fourth-order valence-corrected chi connectivity index (χ4v) is 7.54. The van der Waals surface area contributed by atoms with Gasteiger partial charge in [-0.2, -0.15) is 0 Å². The number of fused-ring (bicyclic) bond motifs is 4. The minimum absolute atomic E-state index is 0.124. The lowest BCUT2D eigenvalue weighted by Crippen LogP contribution is -2.74. The molecule has 152 valence electrons. The number of nitrogens with one attached hydrogen (secondary N) is 1. The van der Waals surface area contributed by atoms with Crippen LogP contribution in [0, 0.1) is 5.92 Å². The zero-order chi connectivity index (χ0) is 19.7. The van der Waals surface area contributed by atoms with Crippen LogP contribution in [0.3, 0.4) is 0 Å². The third-order valence-corrected chi connectivity index (χ3v) is 8.97. The van der Waals surface area contributed by atoms with Crippen molar-refractivity contribution >= 4 is 10.9 Å². The fourth-order valence-electron chi connectivity index (χ4n) is 7.54. The van der Waals surface area contributed by atoms with Gasteiger partial charge in [0.15, 0.2) is 6.10 Å². The van der Waals surface area contributed by atoms with E-state index in [1.54, 1.807) is 0 Å². The number of benzene rings is 2. The lowest BCUT2D eigenvalue weighted by atomic mass is 9.49. The van der Waals surface area contributed by atoms with E-state index in [0.717, 1.165) is 43.1 Å². The number of aromatic nitrogens is 1. The summed E-state index contributed by atoms with van der Waals surface area (Å²) in [7, 11) is 0. The summed E-state index contributed by atoms with van der Waals surface area (Å²) < 4.78 is 6.72. The summed E-state index contributed by atoms with van der Waals surface area (Å²) >= 11 is 0. The standard InChI is InChI=1S/C26H26N2O2/c29-26-13-18-17-5-1-2-6-19(17)27-23(18)24-25(26)10-11-28(14-15-8-9-15)21(26)12-16-4-3-7-20(30-24)22(16)25/h1-7,15,21,24,27,29H,8-14H2/t21-,24+,25+,26-/m1/s1. The van der Waals surface area contributed by atoms with E-state index in [1.165, 1.54) is 40.6 Å². The third kappa shape index (κ3) is 1.71. The number of aromatic amines is 1. The molecule has 2 aliphatic heterocycles. The molecule has 5 aliphatic rings. The first-order chi connectivity index (χ1) is 14.7. The van der Waals surface area contributed by atoms with Crippen molar-refractivity contribution < 1.29 is 9.84 Å². The van der Waals surface area contributed by atoms with E-state index in [1.807, 2.05) is 0 Å². The number of H-pyrrole nitrogens is 1. The number of nitrogens with zero attached hydrogens (tertiary/aromatic N) is 1. The lowest BCUT2D eigenvalue weighted by Gasteiger charge is -2.62. The van der Waals surface area contributed by atoms with Crippen LogP contribution in [-0.2, 0) is 18.3 Å². The van der Waals surface area contributed by atoms with E-state index in [0.29, 0.717) is 6.42 Å². The highest BCUT2D eigenvalue weighted by Gasteiger charge is 2.72. The number of likely N-dealkylation sites (tertiary alicyclic amines) is 1. The molecule has 2 bridgehead atoms. The minimum Gasteiger partial charge on any atom is -0.483 e. The maximum absolute atomic E-state index is 12.7. The molecule has 8 rings (SSSR count). The van der Waals surface area contributed by atoms with Crippen molar-refractivity contribution in [2.75, 3.05) is 13.1 Å². The molecule has 1 aromatic heterocycles. The van der Waals surface area contributed by atoms with Crippen LogP contribution in [-0.4, -0.2) is 39.7 Å². The molecule has 3 aromatic rings. The SMILES string of the molecule is O[C@@]12Cc3c([nH]c4ccccc34)[C@@H]3Oc4cccc5c4[C@@]31CCN(CC1CC1)[C@@H]2C5. The van der Waals surface area contributed by atoms with Crippen molar-refractivity contribution in [3.8, 4) is 5.75 Å². The molecular weight excluding hydrogens is 372 g/mol. The number of hydrogen-bond acceptors (Lipinski definition) is 3.